The fourth-order valence-electron chi connectivity index (χ4n) is 1.48. The molecule has 0 aliphatic heterocycles. The van der Waals surface area contributed by atoms with Crippen molar-refractivity contribution >= 4 is 27.6 Å². The third-order valence-corrected chi connectivity index (χ3v) is 3.09. The number of ether oxygens (including phenoxy) is 1. The molecule has 0 bridgehead atoms. The smallest absolute Gasteiger partial charge is 0.320 e. The molecule has 9 heteroatoms. The molecule has 0 saturated heterocycles. The quantitative estimate of drug-likeness (QED) is 0.582. The summed E-state index contributed by atoms with van der Waals surface area (Å²) in [4.78, 5) is 0. The second-order valence-electron chi connectivity index (χ2n) is 4.04. The van der Waals surface area contributed by atoms with E-state index in [1.165, 1.54) is 0 Å². The number of rotatable bonds is 7. The predicted octanol–water partition coefficient (Wildman–Crippen LogP) is 2.59. The van der Waals surface area contributed by atoms with Gasteiger partial charge in [-0.1, -0.05) is 5.10 Å². The molecule has 114 valence electrons. The van der Waals surface area contributed by atoms with Gasteiger partial charge in [-0.2, -0.15) is 0 Å². The highest BCUT2D eigenvalue weighted by atomic mass is 79.9. The van der Waals surface area contributed by atoms with Crippen molar-refractivity contribution in [1.29, 1.82) is 0 Å². The molecule has 1 heterocycles. The molecule has 1 aromatic heterocycles. The maximum absolute atomic E-state index is 13.6. The molecule has 0 fully saturated rings. The molecule has 2 aromatic rings. The first-order chi connectivity index (χ1) is 10.1. The Balaban J connectivity index is 1.97. The molecule has 0 amide bonds. The van der Waals surface area contributed by atoms with Crippen LogP contribution in [0.5, 0.6) is 0 Å². The number of hydrogen-bond acceptors (Lipinski definition) is 6. The van der Waals surface area contributed by atoms with Gasteiger partial charge >= 0.3 is 6.01 Å². The summed E-state index contributed by atoms with van der Waals surface area (Å²) >= 11 is 2.90. The summed E-state index contributed by atoms with van der Waals surface area (Å²) in [6.45, 7) is 1.55. The first-order valence-corrected chi connectivity index (χ1v) is 6.83. The van der Waals surface area contributed by atoms with Crippen LogP contribution in [0, 0.1) is 11.6 Å². The number of halogens is 3. The Morgan fingerprint density at radius 2 is 2.10 bits per heavy atom. The van der Waals surface area contributed by atoms with Crippen molar-refractivity contribution < 1.29 is 17.9 Å². The van der Waals surface area contributed by atoms with E-state index < -0.39 is 11.6 Å². The second-order valence-corrected chi connectivity index (χ2v) is 4.90. The summed E-state index contributed by atoms with van der Waals surface area (Å²) in [6, 6.07) is 2.00. The maximum atomic E-state index is 13.6. The SMILES string of the molecule is COCCNCc1nnc(Nc2cc(F)c(Br)cc2F)o1. The van der Waals surface area contributed by atoms with E-state index in [4.69, 9.17) is 9.15 Å². The Bertz CT molecular complexity index is 609. The molecule has 6 nitrogen and oxygen atoms in total. The van der Waals surface area contributed by atoms with Crippen LogP contribution in [0.4, 0.5) is 20.5 Å². The van der Waals surface area contributed by atoms with Crippen LogP contribution in [-0.4, -0.2) is 30.5 Å². The first-order valence-electron chi connectivity index (χ1n) is 6.03. The highest BCUT2D eigenvalue weighted by Gasteiger charge is 2.12. The summed E-state index contributed by atoms with van der Waals surface area (Å²) in [7, 11) is 1.60. The molecule has 0 radical (unpaired) electrons. The van der Waals surface area contributed by atoms with E-state index in [-0.39, 0.29) is 16.2 Å². The Morgan fingerprint density at radius 1 is 1.29 bits per heavy atom. The van der Waals surface area contributed by atoms with Crippen LogP contribution in [0.2, 0.25) is 0 Å². The molecule has 0 aliphatic rings. The topological polar surface area (TPSA) is 72.2 Å². The van der Waals surface area contributed by atoms with Crippen molar-refractivity contribution in [2.24, 2.45) is 0 Å². The van der Waals surface area contributed by atoms with Crippen LogP contribution in [0.15, 0.2) is 21.0 Å². The Kier molecular flexibility index (Phi) is 5.59. The van der Waals surface area contributed by atoms with Gasteiger partial charge in [0.2, 0.25) is 5.89 Å². The lowest BCUT2D eigenvalue weighted by Gasteiger charge is -2.04. The van der Waals surface area contributed by atoms with Gasteiger partial charge < -0.3 is 19.8 Å². The Morgan fingerprint density at radius 3 is 2.86 bits per heavy atom. The highest BCUT2D eigenvalue weighted by molar-refractivity contribution is 9.10. The minimum Gasteiger partial charge on any atom is -0.406 e. The zero-order chi connectivity index (χ0) is 15.2. The molecular weight excluding hydrogens is 350 g/mol. The second kappa shape index (κ2) is 7.43. The molecule has 0 aliphatic carbocycles. The van der Waals surface area contributed by atoms with Gasteiger partial charge in [-0.15, -0.1) is 5.10 Å². The van der Waals surface area contributed by atoms with Crippen LogP contribution in [0.1, 0.15) is 5.89 Å². The van der Waals surface area contributed by atoms with Gasteiger partial charge in [0.1, 0.15) is 11.6 Å². The molecule has 2 N–H and O–H groups in total. The Hall–Kier alpha value is -1.58. The minimum absolute atomic E-state index is 0.0147. The average Bonchev–Trinajstić information content (AvgIpc) is 2.89. The number of aromatic nitrogens is 2. The summed E-state index contributed by atoms with van der Waals surface area (Å²) < 4.78 is 37.2. The number of nitrogens with zero attached hydrogens (tertiary/aromatic N) is 2. The third kappa shape index (κ3) is 4.45. The third-order valence-electron chi connectivity index (χ3n) is 2.48. The Labute approximate surface area is 128 Å². The van der Waals surface area contributed by atoms with Crippen molar-refractivity contribution in [2.75, 3.05) is 25.6 Å². The minimum atomic E-state index is -0.638. The van der Waals surface area contributed by atoms with E-state index >= 15 is 0 Å². The zero-order valence-electron chi connectivity index (χ0n) is 11.1. The lowest BCUT2D eigenvalue weighted by molar-refractivity contribution is 0.198. The molecule has 1 aromatic carbocycles. The summed E-state index contributed by atoms with van der Waals surface area (Å²) in [6.07, 6.45) is 0. The molecule has 0 atom stereocenters. The lowest BCUT2D eigenvalue weighted by atomic mass is 10.3. The first kappa shape index (κ1) is 15.8. The van der Waals surface area contributed by atoms with Gasteiger partial charge in [-0.25, -0.2) is 8.78 Å². The van der Waals surface area contributed by atoms with Crippen LogP contribution >= 0.6 is 15.9 Å². The normalized spacial score (nSPS) is 10.9. The standard InChI is InChI=1S/C12H13BrF2N4O2/c1-20-3-2-16-6-11-18-19-12(21-11)17-10-5-8(14)7(13)4-9(10)15/h4-5,16H,2-3,6H2,1H3,(H,17,19). The number of hydrogen-bond donors (Lipinski definition) is 2. The molecule has 2 rings (SSSR count). The fraction of sp³-hybridized carbons (Fsp3) is 0.333. The van der Waals surface area contributed by atoms with Crippen molar-refractivity contribution in [3.8, 4) is 0 Å². The van der Waals surface area contributed by atoms with Gasteiger partial charge in [-0.3, -0.25) is 0 Å². The van der Waals surface area contributed by atoms with Crippen molar-refractivity contribution in [1.82, 2.24) is 15.5 Å². The number of methoxy groups -OCH3 is 1. The van der Waals surface area contributed by atoms with Crippen LogP contribution < -0.4 is 10.6 Å². The van der Waals surface area contributed by atoms with Gasteiger partial charge in [-0.05, 0) is 22.0 Å². The monoisotopic (exact) mass is 362 g/mol. The van der Waals surface area contributed by atoms with Gasteiger partial charge in [0.05, 0.1) is 23.3 Å². The van der Waals surface area contributed by atoms with Crippen LogP contribution in [-0.2, 0) is 11.3 Å². The van der Waals surface area contributed by atoms with Gasteiger partial charge in [0, 0.05) is 19.7 Å². The van der Waals surface area contributed by atoms with E-state index in [1.54, 1.807) is 7.11 Å². The average molecular weight is 363 g/mol. The zero-order valence-corrected chi connectivity index (χ0v) is 12.7. The van der Waals surface area contributed by atoms with E-state index in [0.717, 1.165) is 12.1 Å². The molecule has 0 unspecified atom stereocenters. The summed E-state index contributed by atoms with van der Waals surface area (Å²) in [5.74, 6) is -0.910. The molecule has 21 heavy (non-hydrogen) atoms. The lowest BCUT2D eigenvalue weighted by Crippen LogP contribution is -2.18. The summed E-state index contributed by atoms with van der Waals surface area (Å²) in [5.41, 5.74) is -0.0850. The van der Waals surface area contributed by atoms with Gasteiger partial charge in [0.25, 0.3) is 0 Å². The number of anilines is 2. The molecule has 0 saturated carbocycles. The predicted molar refractivity (Wildman–Crippen MR) is 75.2 cm³/mol. The number of benzene rings is 1. The summed E-state index contributed by atoms with van der Waals surface area (Å²) in [5, 5.41) is 13.0. The van der Waals surface area contributed by atoms with Crippen molar-refractivity contribution in [3.05, 3.63) is 34.1 Å². The van der Waals surface area contributed by atoms with Crippen LogP contribution in [0.25, 0.3) is 0 Å². The molecular formula is C12H13BrF2N4O2. The number of nitrogens with one attached hydrogen (secondary N) is 2. The maximum Gasteiger partial charge on any atom is 0.320 e. The van der Waals surface area contributed by atoms with Gasteiger partial charge in [0.15, 0.2) is 0 Å². The van der Waals surface area contributed by atoms with E-state index in [0.29, 0.717) is 25.6 Å². The largest absolute Gasteiger partial charge is 0.406 e. The van der Waals surface area contributed by atoms with E-state index in [9.17, 15) is 8.78 Å². The van der Waals surface area contributed by atoms with E-state index in [2.05, 4.69) is 36.8 Å². The molecule has 0 spiro atoms. The van der Waals surface area contributed by atoms with E-state index in [1.807, 2.05) is 0 Å². The fourth-order valence-corrected chi connectivity index (χ4v) is 1.79. The highest BCUT2D eigenvalue weighted by Crippen LogP contribution is 2.25. The van der Waals surface area contributed by atoms with Crippen LogP contribution in [0.3, 0.4) is 0 Å². The van der Waals surface area contributed by atoms with Crippen molar-refractivity contribution in [3.63, 3.8) is 0 Å². The van der Waals surface area contributed by atoms with Crippen molar-refractivity contribution in [2.45, 2.75) is 6.54 Å².